The van der Waals surface area contributed by atoms with E-state index >= 15 is 0 Å². The van der Waals surface area contributed by atoms with E-state index in [0.29, 0.717) is 4.43 Å². The lowest BCUT2D eigenvalue weighted by atomic mass is 10.4. The van der Waals surface area contributed by atoms with E-state index in [1.807, 2.05) is 24.6 Å². The van der Waals surface area contributed by atoms with Crippen LogP contribution in [0.5, 0.6) is 0 Å². The minimum absolute atomic E-state index is 0.184. The summed E-state index contributed by atoms with van der Waals surface area (Å²) in [5.41, 5.74) is 0. The number of nitrogens with zero attached hydrogens (tertiary/aromatic N) is 1. The van der Waals surface area contributed by atoms with Crippen molar-refractivity contribution in [3.05, 3.63) is 22.4 Å². The smallest absolute Gasteiger partial charge is 0.232 e. The third-order valence-electron chi connectivity index (χ3n) is 1.51. The van der Waals surface area contributed by atoms with Gasteiger partial charge in [-0.15, -0.1) is 11.3 Å². The molecule has 0 saturated carbocycles. The van der Waals surface area contributed by atoms with E-state index in [4.69, 9.17) is 0 Å². The highest BCUT2D eigenvalue weighted by atomic mass is 127. The fourth-order valence-corrected chi connectivity index (χ4v) is 2.17. The van der Waals surface area contributed by atoms with Gasteiger partial charge in [0.15, 0.2) is 0 Å². The third kappa shape index (κ3) is 2.75. The summed E-state index contributed by atoms with van der Waals surface area (Å²) in [7, 11) is 1.83. The van der Waals surface area contributed by atoms with Gasteiger partial charge in [-0.3, -0.25) is 4.79 Å². The highest BCUT2D eigenvalue weighted by Crippen LogP contribution is 2.10. The first-order valence-corrected chi connectivity index (χ1v) is 5.97. The van der Waals surface area contributed by atoms with Crippen molar-refractivity contribution in [1.29, 1.82) is 0 Å². The molecule has 0 aromatic carbocycles. The predicted molar refractivity (Wildman–Crippen MR) is 59.7 cm³/mol. The maximum atomic E-state index is 11.2. The molecule has 0 spiro atoms. The van der Waals surface area contributed by atoms with Crippen LogP contribution in [0.25, 0.3) is 0 Å². The van der Waals surface area contributed by atoms with Gasteiger partial charge in [0.1, 0.15) is 0 Å². The molecule has 2 nitrogen and oxygen atoms in total. The summed E-state index contributed by atoms with van der Waals surface area (Å²) < 4.78 is 0.555. The SMILES string of the molecule is CN(Cc1cccs1)C(=O)CI. The lowest BCUT2D eigenvalue weighted by Gasteiger charge is -2.13. The van der Waals surface area contributed by atoms with Crippen LogP contribution in [0.3, 0.4) is 0 Å². The summed E-state index contributed by atoms with van der Waals surface area (Å²) in [5.74, 6) is 0.184. The zero-order valence-electron chi connectivity index (χ0n) is 6.79. The largest absolute Gasteiger partial charge is 0.340 e. The second-order valence-corrected chi connectivity index (χ2v) is 4.26. The van der Waals surface area contributed by atoms with Crippen molar-refractivity contribution in [2.24, 2.45) is 0 Å². The maximum absolute atomic E-state index is 11.2. The zero-order chi connectivity index (χ0) is 8.97. The molecule has 0 aliphatic carbocycles. The van der Waals surface area contributed by atoms with Crippen LogP contribution in [-0.4, -0.2) is 22.3 Å². The molecule has 1 aromatic rings. The van der Waals surface area contributed by atoms with Gasteiger partial charge in [-0.25, -0.2) is 0 Å². The van der Waals surface area contributed by atoms with E-state index in [0.717, 1.165) is 6.54 Å². The third-order valence-corrected chi connectivity index (χ3v) is 3.03. The van der Waals surface area contributed by atoms with Gasteiger partial charge >= 0.3 is 0 Å². The van der Waals surface area contributed by atoms with Crippen molar-refractivity contribution >= 4 is 39.8 Å². The number of halogens is 1. The van der Waals surface area contributed by atoms with Gasteiger partial charge in [0.05, 0.1) is 11.0 Å². The molecule has 1 rings (SSSR count). The normalized spacial score (nSPS) is 9.83. The Morgan fingerprint density at radius 1 is 1.75 bits per heavy atom. The average molecular weight is 295 g/mol. The predicted octanol–water partition coefficient (Wildman–Crippen LogP) is 2.14. The summed E-state index contributed by atoms with van der Waals surface area (Å²) in [5, 5.41) is 2.03. The quantitative estimate of drug-likeness (QED) is 0.618. The van der Waals surface area contributed by atoms with Gasteiger partial charge in [-0.05, 0) is 11.4 Å². The molecular weight excluding hydrogens is 285 g/mol. The second kappa shape index (κ2) is 4.81. The molecule has 0 aliphatic heterocycles. The van der Waals surface area contributed by atoms with Crippen molar-refractivity contribution in [2.75, 3.05) is 11.5 Å². The van der Waals surface area contributed by atoms with Crippen molar-refractivity contribution < 1.29 is 4.79 Å². The average Bonchev–Trinajstić information content (AvgIpc) is 2.55. The first-order chi connectivity index (χ1) is 5.74. The first kappa shape index (κ1) is 9.98. The topological polar surface area (TPSA) is 20.3 Å². The van der Waals surface area contributed by atoms with E-state index in [1.165, 1.54) is 4.88 Å². The molecule has 0 saturated heterocycles. The van der Waals surface area contributed by atoms with Crippen molar-refractivity contribution in [1.82, 2.24) is 4.90 Å². The Bertz CT molecular complexity index is 248. The lowest BCUT2D eigenvalue weighted by Crippen LogP contribution is -2.26. The molecule has 66 valence electrons. The molecule has 1 aromatic heterocycles. The molecule has 0 N–H and O–H groups in total. The van der Waals surface area contributed by atoms with Crippen LogP contribution in [0.1, 0.15) is 4.88 Å². The standard InChI is InChI=1S/C8H10INOS/c1-10(8(11)5-9)6-7-3-2-4-12-7/h2-4H,5-6H2,1H3. The summed E-state index contributed by atoms with van der Waals surface area (Å²) >= 11 is 3.76. The highest BCUT2D eigenvalue weighted by molar-refractivity contribution is 14.1. The number of rotatable bonds is 3. The van der Waals surface area contributed by atoms with Gasteiger partial charge in [-0.1, -0.05) is 28.7 Å². The molecule has 0 radical (unpaired) electrons. The second-order valence-electron chi connectivity index (χ2n) is 2.46. The minimum Gasteiger partial charge on any atom is -0.340 e. The zero-order valence-corrected chi connectivity index (χ0v) is 9.76. The first-order valence-electron chi connectivity index (χ1n) is 3.56. The van der Waals surface area contributed by atoms with E-state index < -0.39 is 0 Å². The van der Waals surface area contributed by atoms with Gasteiger partial charge in [0.25, 0.3) is 0 Å². The molecular formula is C8H10INOS. The van der Waals surface area contributed by atoms with Crippen LogP contribution in [0, 0.1) is 0 Å². The Labute approximate surface area is 89.7 Å². The van der Waals surface area contributed by atoms with Gasteiger partial charge < -0.3 is 4.90 Å². The summed E-state index contributed by atoms with van der Waals surface area (Å²) in [4.78, 5) is 14.1. The molecule has 0 bridgehead atoms. The summed E-state index contributed by atoms with van der Waals surface area (Å²) in [6, 6.07) is 4.05. The van der Waals surface area contributed by atoms with Crippen LogP contribution in [0.2, 0.25) is 0 Å². The van der Waals surface area contributed by atoms with Crippen molar-refractivity contribution in [2.45, 2.75) is 6.54 Å². The monoisotopic (exact) mass is 295 g/mol. The van der Waals surface area contributed by atoms with Crippen molar-refractivity contribution in [3.8, 4) is 0 Å². The Balaban J connectivity index is 2.47. The van der Waals surface area contributed by atoms with Gasteiger partial charge in [-0.2, -0.15) is 0 Å². The van der Waals surface area contributed by atoms with Crippen LogP contribution >= 0.6 is 33.9 Å². The van der Waals surface area contributed by atoms with E-state index in [1.54, 1.807) is 16.2 Å². The number of carbonyl (C=O) groups excluding carboxylic acids is 1. The number of carbonyl (C=O) groups is 1. The van der Waals surface area contributed by atoms with Crippen molar-refractivity contribution in [3.63, 3.8) is 0 Å². The highest BCUT2D eigenvalue weighted by Gasteiger charge is 2.06. The molecule has 0 unspecified atom stereocenters. The van der Waals surface area contributed by atoms with E-state index in [2.05, 4.69) is 22.6 Å². The molecule has 0 aliphatic rings. The summed E-state index contributed by atoms with van der Waals surface area (Å²) in [6.07, 6.45) is 0. The van der Waals surface area contributed by atoms with Crippen LogP contribution < -0.4 is 0 Å². The Hall–Kier alpha value is -0.100. The van der Waals surface area contributed by atoms with Crippen LogP contribution in [0.15, 0.2) is 17.5 Å². The molecule has 1 heterocycles. The van der Waals surface area contributed by atoms with Crippen LogP contribution in [-0.2, 0) is 11.3 Å². The lowest BCUT2D eigenvalue weighted by molar-refractivity contribution is -0.127. The Morgan fingerprint density at radius 2 is 2.50 bits per heavy atom. The Morgan fingerprint density at radius 3 is 3.00 bits per heavy atom. The fourth-order valence-electron chi connectivity index (χ4n) is 0.826. The van der Waals surface area contributed by atoms with Gasteiger partial charge in [0, 0.05) is 11.9 Å². The van der Waals surface area contributed by atoms with E-state index in [9.17, 15) is 4.79 Å². The van der Waals surface area contributed by atoms with Gasteiger partial charge in [0.2, 0.25) is 5.91 Å². The summed E-state index contributed by atoms with van der Waals surface area (Å²) in [6.45, 7) is 0.736. The maximum Gasteiger partial charge on any atom is 0.232 e. The molecule has 0 atom stereocenters. The fraction of sp³-hybridized carbons (Fsp3) is 0.375. The molecule has 0 fully saturated rings. The minimum atomic E-state index is 0.184. The van der Waals surface area contributed by atoms with E-state index in [-0.39, 0.29) is 5.91 Å². The molecule has 12 heavy (non-hydrogen) atoms. The Kier molecular flexibility index (Phi) is 4.00. The molecule has 4 heteroatoms. The number of thiophene rings is 1. The number of alkyl halides is 1. The number of hydrogen-bond acceptors (Lipinski definition) is 2. The molecule has 1 amide bonds. The number of amides is 1. The number of hydrogen-bond donors (Lipinski definition) is 0. The van der Waals surface area contributed by atoms with Crippen LogP contribution in [0.4, 0.5) is 0 Å².